The number of carbonyl (C=O) groups is 4. The minimum Gasteiger partial charge on any atom is -0.459 e. The minimum absolute atomic E-state index is 0.0729. The molecule has 2 aliphatic rings. The number of allylic oxidation sites excluding steroid dienone is 4. The number of aliphatic hydroxyl groups is 1. The zero-order valence-corrected chi connectivity index (χ0v) is 114. The molecule has 3 rings (SSSR count). The highest BCUT2D eigenvalue weighted by Crippen LogP contribution is 2.26. The minimum atomic E-state index is -2.74. The fourth-order valence-corrected chi connectivity index (χ4v) is 21.0. The summed E-state index contributed by atoms with van der Waals surface area (Å²) in [6.45, 7) is 14.8. The lowest BCUT2D eigenvalue weighted by Crippen LogP contribution is -2.41. The number of halogens is 28. The molecule has 0 radical (unpaired) electrons. The molecule has 45 heteroatoms. The third kappa shape index (κ3) is 137. The van der Waals surface area contributed by atoms with Gasteiger partial charge in [0.2, 0.25) is 5.91 Å². The van der Waals surface area contributed by atoms with Crippen LogP contribution in [0.15, 0.2) is 48.6 Å². The van der Waals surface area contributed by atoms with E-state index in [1.165, 1.54) is 111 Å². The van der Waals surface area contributed by atoms with E-state index in [4.69, 9.17) is 109 Å². The van der Waals surface area contributed by atoms with Crippen LogP contribution >= 0.6 is 433 Å². The molecule has 1 aliphatic carbocycles. The number of ether oxygens (including phenoxy) is 6. The molecule has 754 valence electrons. The predicted molar refractivity (Wildman–Crippen MR) is 641 cm³/mol. The Bertz CT molecular complexity index is 2450. The number of methoxy groups -OCH3 is 2. The van der Waals surface area contributed by atoms with Gasteiger partial charge in [-0.05, 0) is 89.2 Å². The van der Waals surface area contributed by atoms with Gasteiger partial charge in [0.15, 0.2) is 9.84 Å². The molecule has 0 bridgehead atoms. The molecule has 1 fully saturated rings. The Hall–Kier alpha value is 9.09. The smallest absolute Gasteiger partial charge is 0.320 e. The summed E-state index contributed by atoms with van der Waals surface area (Å²) < 4.78 is 54.5. The monoisotopic (exact) mass is 3420 g/mol. The second-order valence-corrected chi connectivity index (χ2v) is 49.6. The predicted octanol–water partition coefficient (Wildman–Crippen LogP) is 30.1. The zero-order chi connectivity index (χ0) is 98.3. The van der Waals surface area contributed by atoms with Crippen molar-refractivity contribution in [2.24, 2.45) is 17.1 Å². The Morgan fingerprint density at radius 2 is 0.912 bits per heavy atom. The first kappa shape index (κ1) is 157. The highest BCUT2D eigenvalue weighted by atomic mass is 127. The third-order valence-corrected chi connectivity index (χ3v) is 34.5. The van der Waals surface area contributed by atoms with Crippen molar-refractivity contribution in [3.8, 4) is 0 Å². The van der Waals surface area contributed by atoms with Gasteiger partial charge in [-0.2, -0.15) is 0 Å². The van der Waals surface area contributed by atoms with Crippen molar-refractivity contribution < 1.29 is 61.1 Å². The van der Waals surface area contributed by atoms with E-state index in [9.17, 15) is 27.6 Å². The molecule has 1 aromatic rings. The first-order chi connectivity index (χ1) is 59.4. The molecule has 125 heavy (non-hydrogen) atoms. The number of rotatable bonds is 51. The van der Waals surface area contributed by atoms with E-state index in [-0.39, 0.29) is 95.1 Å². The number of hydrogen-bond donors (Lipinski definition) is 4. The molecule has 1 aromatic carbocycles. The zero-order valence-electron chi connectivity index (χ0n) is 72.5. The summed E-state index contributed by atoms with van der Waals surface area (Å²) in [5, 5.41) is 27.9. The van der Waals surface area contributed by atoms with Gasteiger partial charge in [-0.25, -0.2) is 8.42 Å². The summed E-state index contributed by atoms with van der Waals surface area (Å²) in [6, 6.07) is 7.96. The first-order valence-electron chi connectivity index (χ1n) is 39.6. The molecular formula is C80H139Br20Cl6I2N3O13S. The highest BCUT2D eigenvalue weighted by Gasteiger charge is 2.34. The number of benzene rings is 1. The van der Waals surface area contributed by atoms with Gasteiger partial charge in [-0.1, -0.05) is 471 Å². The van der Waals surface area contributed by atoms with Gasteiger partial charge >= 0.3 is 17.8 Å². The van der Waals surface area contributed by atoms with E-state index in [1.807, 2.05) is 57.2 Å². The summed E-state index contributed by atoms with van der Waals surface area (Å²) in [5.41, 5.74) is 6.76. The Balaban J connectivity index is -0.000000125. The maximum atomic E-state index is 11.3. The molecule has 0 spiro atoms. The molecular weight excluding hydrogens is 3310 g/mol. The SMILES string of the molecule is BrC/C=C/CCBr.BrCCCCCCCBr.BrCCCCCCCCCBr.BrCCOCCBr.CC(C)(C)OC(=O)C(Br)CCBr.CC(CCBr)CCBr.COCC(CBr)(CBr)COC.ClCc1cccc(CCl)c1.Cl[C@@H]1C=C[C@@H]1Cl.ICCOCCOCCI.NC(=O)C(Br)CBr.O=C(NCCCl)C(=O)NCCCl.O=S1(=O)CC(Br)C(Br)C1.OCC(Br)CBr. The molecule has 7 atom stereocenters. The largest absolute Gasteiger partial charge is 0.459 e. The van der Waals surface area contributed by atoms with E-state index in [2.05, 4.69) is 393 Å². The van der Waals surface area contributed by atoms with E-state index in [0.29, 0.717) is 30.3 Å². The quantitative estimate of drug-likeness (QED) is 0.0119. The number of unbranched alkanes of at least 4 members (excludes halogenated alkanes) is 10. The number of alkyl halides is 28. The van der Waals surface area contributed by atoms with Gasteiger partial charge in [0.1, 0.15) is 15.3 Å². The molecule has 1 aliphatic heterocycles. The number of amides is 3. The van der Waals surface area contributed by atoms with Gasteiger partial charge in [0, 0.05) is 160 Å². The number of aliphatic hydroxyl groups excluding tert-OH is 1. The van der Waals surface area contributed by atoms with Gasteiger partial charge in [0.25, 0.3) is 0 Å². The Labute approximate surface area is 981 Å². The Kier molecular flexibility index (Phi) is 160. The standard InChI is InChI=1S/C9H18Br2.C8H14Br2O2.C8H8Cl2.C7H14Br2O2.C7H14Br2.C6H12Br2.C6H10Cl2N2O2.C6H12I2O2.C5H8Br2.C4H6Br2O2S.C4H8Br2O.C4H4Cl2.C3H5Br2NO.C3H6Br2O/c10-8-6-4-2-1-3-5-7-9-11;1-8(2,3)12-7(11)6(10)4-5-9;9-5-7-2-1-3-8(4-7)6-10;1-10-5-7(3-8,4-9)6-11-2;8-6-4-2-1-3-5-7-9;1-6(2-4-7)3-5-8;7-1-3-9-5(11)6(12)10-4-2-8;7-1-3-9-5-6-10-4-2-8;6-4-2-1-3-5-7;5-3-1-9(7,8)2-4(3)6;5-1-3-7-4-2-6;5-3-1-2-4(3)6;4-1-2(5)3(6)7;4-1-3(5)2-6/h1-9H2;6H,4-5H2,1-3H3;1-4H,5-6H2;3-6H2,1-2H3;1-7H2;6H,2-5H2,1H3;1-4H2,(H,9,11)(H,10,12);1-6H2;1-2H,3-5H2;3-4H,1-2H2;1-4H2;1-4H;2H,1H2,(H2,6,7);3,6H,1-2H2/b;;;;;;;;2-1+;;;;;/t;;;;;;;;;;;3-,4+;;. The van der Waals surface area contributed by atoms with Crippen molar-refractivity contribution in [3.05, 3.63) is 59.7 Å². The average Bonchev–Trinajstić information content (AvgIpc) is 1.71. The molecule has 3 amide bonds. The lowest BCUT2D eigenvalue weighted by Gasteiger charge is -2.27. The molecule has 0 aromatic heterocycles. The van der Waals surface area contributed by atoms with Crippen LogP contribution in [-0.2, 0) is 69.2 Å². The molecule has 5 N–H and O–H groups in total. The van der Waals surface area contributed by atoms with Crippen LogP contribution in [-0.4, -0.2) is 277 Å². The number of sulfone groups is 1. The maximum absolute atomic E-state index is 11.3. The second kappa shape index (κ2) is 127. The van der Waals surface area contributed by atoms with Crippen LogP contribution < -0.4 is 16.4 Å². The Morgan fingerprint density at radius 3 is 1.13 bits per heavy atom. The first-order valence-corrected chi connectivity index (χ1v) is 68.9. The molecule has 16 nitrogen and oxygen atoms in total. The van der Waals surface area contributed by atoms with Crippen LogP contribution in [0.4, 0.5) is 0 Å². The Morgan fingerprint density at radius 1 is 0.544 bits per heavy atom. The summed E-state index contributed by atoms with van der Waals surface area (Å²) in [7, 11) is 0.670. The van der Waals surface area contributed by atoms with Crippen LogP contribution in [0.1, 0.15) is 142 Å². The average molecular weight is 3450 g/mol. The fourth-order valence-electron chi connectivity index (χ4n) is 7.06. The highest BCUT2D eigenvalue weighted by molar-refractivity contribution is 14.1. The van der Waals surface area contributed by atoms with Gasteiger partial charge in [0.05, 0.1) is 81.7 Å². The molecule has 5 unspecified atom stereocenters. The van der Waals surface area contributed by atoms with E-state index >= 15 is 0 Å². The summed E-state index contributed by atoms with van der Waals surface area (Å²) in [4.78, 5) is 42.9. The van der Waals surface area contributed by atoms with Crippen molar-refractivity contribution >= 4 is 467 Å². The van der Waals surface area contributed by atoms with Crippen LogP contribution in [0.5, 0.6) is 0 Å². The van der Waals surface area contributed by atoms with Crippen molar-refractivity contribution in [2.75, 3.05) is 199 Å². The normalized spacial score (nSPS) is 14.8. The van der Waals surface area contributed by atoms with Gasteiger partial charge in [-0.3, -0.25) is 19.2 Å². The van der Waals surface area contributed by atoms with E-state index < -0.39 is 27.3 Å². The maximum Gasteiger partial charge on any atom is 0.320 e. The van der Waals surface area contributed by atoms with Crippen LogP contribution in [0.3, 0.4) is 0 Å². The number of esters is 1. The molecule has 1 heterocycles. The van der Waals surface area contributed by atoms with Crippen LogP contribution in [0.25, 0.3) is 0 Å². The van der Waals surface area contributed by atoms with Crippen LogP contribution in [0, 0.1) is 11.3 Å². The van der Waals surface area contributed by atoms with Crippen LogP contribution in [0.2, 0.25) is 0 Å². The van der Waals surface area contributed by atoms with Crippen molar-refractivity contribution in [1.29, 1.82) is 0 Å². The number of nitrogens with one attached hydrogen (secondary N) is 2. The number of nitrogens with two attached hydrogens (primary N) is 1. The topological polar surface area (TPSA) is 228 Å². The summed E-state index contributed by atoms with van der Waals surface area (Å²) in [6.07, 6.45) is 29.1. The van der Waals surface area contributed by atoms with Gasteiger partial charge < -0.3 is 49.9 Å². The third-order valence-electron chi connectivity index (χ3n) is 13.6. The number of primary amides is 1. The van der Waals surface area contributed by atoms with E-state index in [1.54, 1.807) is 14.2 Å². The van der Waals surface area contributed by atoms with Crippen molar-refractivity contribution in [1.82, 2.24) is 10.6 Å². The second-order valence-electron chi connectivity index (χ2n) is 26.2. The van der Waals surface area contributed by atoms with E-state index in [0.717, 1.165) is 132 Å². The molecule has 0 saturated carbocycles. The fraction of sp³-hybridized carbons (Fsp3) is 0.825. The lowest BCUT2D eigenvalue weighted by molar-refractivity contribution is -0.154. The van der Waals surface area contributed by atoms with Crippen molar-refractivity contribution in [3.63, 3.8) is 0 Å². The summed E-state index contributed by atoms with van der Waals surface area (Å²) >= 11 is 103. The lowest BCUT2D eigenvalue weighted by atomic mass is 9.96. The van der Waals surface area contributed by atoms with Crippen molar-refractivity contribution in [2.45, 2.75) is 183 Å². The number of hydrogen-bond acceptors (Lipinski definition) is 13. The number of carbonyl (C=O) groups excluding carboxylic acids is 4. The summed E-state index contributed by atoms with van der Waals surface area (Å²) in [5.74, 6) is 1.21. The van der Waals surface area contributed by atoms with Gasteiger partial charge in [-0.15, -0.1) is 69.6 Å². The molecule has 1 saturated heterocycles.